The van der Waals surface area contributed by atoms with Gasteiger partial charge in [-0.3, -0.25) is 9.48 Å². The van der Waals surface area contributed by atoms with Crippen LogP contribution in [0.15, 0.2) is 12.7 Å². The van der Waals surface area contributed by atoms with Crippen molar-refractivity contribution in [1.82, 2.24) is 20.1 Å². The molecule has 1 unspecified atom stereocenters. The van der Waals surface area contributed by atoms with Crippen LogP contribution in [-0.4, -0.2) is 26.7 Å². The molecule has 5 heteroatoms. The molecule has 0 aliphatic heterocycles. The number of amides is 1. The molecule has 0 aliphatic rings. The fourth-order valence-electron chi connectivity index (χ4n) is 1.82. The quantitative estimate of drug-likeness (QED) is 0.769. The smallest absolute Gasteiger partial charge is 0.222 e. The van der Waals surface area contributed by atoms with Crippen molar-refractivity contribution in [2.45, 2.75) is 59.0 Å². The van der Waals surface area contributed by atoms with Crippen molar-refractivity contribution in [2.75, 3.05) is 0 Å². The minimum absolute atomic E-state index is 0.0857. The standard InChI is InChI=1S/C13H24N4O/c1-11(2)5-4-6-12(3)16-13(18)7-8-17-10-14-9-15-17/h9-12H,4-8H2,1-3H3,(H,16,18). The minimum atomic E-state index is 0.0857. The van der Waals surface area contributed by atoms with Crippen LogP contribution in [0.5, 0.6) is 0 Å². The second-order valence-corrected chi connectivity index (χ2v) is 5.20. The van der Waals surface area contributed by atoms with E-state index in [4.69, 9.17) is 0 Å². The van der Waals surface area contributed by atoms with Gasteiger partial charge in [0.25, 0.3) is 0 Å². The van der Waals surface area contributed by atoms with E-state index in [0.717, 1.165) is 12.3 Å². The van der Waals surface area contributed by atoms with Crippen molar-refractivity contribution in [1.29, 1.82) is 0 Å². The monoisotopic (exact) mass is 252 g/mol. The van der Waals surface area contributed by atoms with E-state index in [-0.39, 0.29) is 11.9 Å². The van der Waals surface area contributed by atoms with Gasteiger partial charge >= 0.3 is 0 Å². The van der Waals surface area contributed by atoms with E-state index >= 15 is 0 Å². The summed E-state index contributed by atoms with van der Waals surface area (Å²) in [5.74, 6) is 0.822. The first-order valence-electron chi connectivity index (χ1n) is 6.69. The van der Waals surface area contributed by atoms with Gasteiger partial charge in [-0.05, 0) is 19.3 Å². The maximum absolute atomic E-state index is 11.7. The largest absolute Gasteiger partial charge is 0.354 e. The summed E-state index contributed by atoms with van der Waals surface area (Å²) < 4.78 is 1.67. The molecule has 1 aromatic rings. The number of hydrogen-bond donors (Lipinski definition) is 1. The zero-order valence-corrected chi connectivity index (χ0v) is 11.6. The van der Waals surface area contributed by atoms with Gasteiger partial charge in [0.15, 0.2) is 0 Å². The maximum Gasteiger partial charge on any atom is 0.222 e. The first kappa shape index (κ1) is 14.7. The van der Waals surface area contributed by atoms with Crippen LogP contribution in [-0.2, 0) is 11.3 Å². The molecular formula is C13H24N4O. The van der Waals surface area contributed by atoms with Gasteiger partial charge in [-0.15, -0.1) is 0 Å². The third kappa shape index (κ3) is 6.37. The molecule has 0 aromatic carbocycles. The first-order chi connectivity index (χ1) is 8.58. The molecule has 1 amide bonds. The van der Waals surface area contributed by atoms with E-state index in [1.54, 1.807) is 11.0 Å². The van der Waals surface area contributed by atoms with Crippen molar-refractivity contribution in [2.24, 2.45) is 5.92 Å². The van der Waals surface area contributed by atoms with Crippen molar-refractivity contribution in [3.8, 4) is 0 Å². The summed E-state index contributed by atoms with van der Waals surface area (Å²) in [5.41, 5.74) is 0. The molecule has 0 aliphatic carbocycles. The average Bonchev–Trinajstić information content (AvgIpc) is 2.78. The van der Waals surface area contributed by atoms with E-state index in [1.165, 1.54) is 19.2 Å². The summed E-state index contributed by atoms with van der Waals surface area (Å²) in [6.07, 6.45) is 7.00. The van der Waals surface area contributed by atoms with Gasteiger partial charge in [-0.2, -0.15) is 5.10 Å². The molecule has 0 saturated heterocycles. The average molecular weight is 252 g/mol. The van der Waals surface area contributed by atoms with Crippen LogP contribution < -0.4 is 5.32 Å². The van der Waals surface area contributed by atoms with Crippen LogP contribution in [0.1, 0.15) is 46.5 Å². The second-order valence-electron chi connectivity index (χ2n) is 5.20. The van der Waals surface area contributed by atoms with E-state index in [1.807, 2.05) is 0 Å². The number of carbonyl (C=O) groups is 1. The molecule has 18 heavy (non-hydrogen) atoms. The molecule has 102 valence electrons. The number of nitrogens with one attached hydrogen (secondary N) is 1. The van der Waals surface area contributed by atoms with E-state index < -0.39 is 0 Å². The summed E-state index contributed by atoms with van der Waals surface area (Å²) in [5, 5.41) is 6.98. The molecule has 1 heterocycles. The molecular weight excluding hydrogens is 228 g/mol. The van der Waals surface area contributed by atoms with Crippen LogP contribution in [0.2, 0.25) is 0 Å². The van der Waals surface area contributed by atoms with E-state index in [2.05, 4.69) is 36.2 Å². The Morgan fingerprint density at radius 2 is 2.11 bits per heavy atom. The fraction of sp³-hybridized carbons (Fsp3) is 0.769. The van der Waals surface area contributed by atoms with Gasteiger partial charge in [0, 0.05) is 12.5 Å². The summed E-state index contributed by atoms with van der Waals surface area (Å²) in [6, 6.07) is 0.256. The molecule has 1 rings (SSSR count). The zero-order chi connectivity index (χ0) is 13.4. The number of nitrogens with zero attached hydrogens (tertiary/aromatic N) is 3. The summed E-state index contributed by atoms with van der Waals surface area (Å²) in [6.45, 7) is 7.10. The third-order valence-corrected chi connectivity index (χ3v) is 2.86. The molecule has 0 fully saturated rings. The Morgan fingerprint density at radius 3 is 2.72 bits per heavy atom. The molecule has 5 nitrogen and oxygen atoms in total. The van der Waals surface area contributed by atoms with Gasteiger partial charge in [0.05, 0.1) is 6.54 Å². The van der Waals surface area contributed by atoms with Crippen LogP contribution in [0.4, 0.5) is 0 Å². The lowest BCUT2D eigenvalue weighted by Crippen LogP contribution is -2.33. The molecule has 0 spiro atoms. The van der Waals surface area contributed by atoms with E-state index in [9.17, 15) is 4.79 Å². The van der Waals surface area contributed by atoms with Crippen molar-refractivity contribution < 1.29 is 4.79 Å². The highest BCUT2D eigenvalue weighted by molar-refractivity contribution is 5.76. The van der Waals surface area contributed by atoms with Crippen molar-refractivity contribution >= 4 is 5.91 Å². The number of aromatic nitrogens is 3. The van der Waals surface area contributed by atoms with Crippen molar-refractivity contribution in [3.63, 3.8) is 0 Å². The fourth-order valence-corrected chi connectivity index (χ4v) is 1.82. The number of rotatable bonds is 8. The first-order valence-corrected chi connectivity index (χ1v) is 6.69. The Kier molecular flexibility index (Phi) is 6.39. The molecule has 1 atom stereocenters. The summed E-state index contributed by atoms with van der Waals surface area (Å²) in [7, 11) is 0. The van der Waals surface area contributed by atoms with Gasteiger partial charge in [-0.25, -0.2) is 4.98 Å². The van der Waals surface area contributed by atoms with Crippen LogP contribution in [0.3, 0.4) is 0 Å². The predicted octanol–water partition coefficient (Wildman–Crippen LogP) is 2.00. The van der Waals surface area contributed by atoms with Gasteiger partial charge in [-0.1, -0.05) is 26.7 Å². The lowest BCUT2D eigenvalue weighted by Gasteiger charge is -2.14. The highest BCUT2D eigenvalue weighted by atomic mass is 16.1. The minimum Gasteiger partial charge on any atom is -0.354 e. The molecule has 0 bridgehead atoms. The Morgan fingerprint density at radius 1 is 1.33 bits per heavy atom. The molecule has 0 saturated carbocycles. The number of hydrogen-bond acceptors (Lipinski definition) is 3. The topological polar surface area (TPSA) is 59.8 Å². The second kappa shape index (κ2) is 7.84. The zero-order valence-electron chi connectivity index (χ0n) is 11.6. The SMILES string of the molecule is CC(C)CCCC(C)NC(=O)CCn1cncn1. The number of aryl methyl sites for hydroxylation is 1. The lowest BCUT2D eigenvalue weighted by atomic mass is 10.0. The molecule has 1 aromatic heterocycles. The number of carbonyl (C=O) groups excluding carboxylic acids is 1. The normalized spacial score (nSPS) is 12.7. The maximum atomic E-state index is 11.7. The Balaban J connectivity index is 2.11. The predicted molar refractivity (Wildman–Crippen MR) is 70.9 cm³/mol. The highest BCUT2D eigenvalue weighted by Crippen LogP contribution is 2.08. The lowest BCUT2D eigenvalue weighted by molar-refractivity contribution is -0.122. The van der Waals surface area contributed by atoms with E-state index in [0.29, 0.717) is 13.0 Å². The van der Waals surface area contributed by atoms with Gasteiger partial charge in [0.1, 0.15) is 12.7 Å². The highest BCUT2D eigenvalue weighted by Gasteiger charge is 2.07. The van der Waals surface area contributed by atoms with Crippen molar-refractivity contribution in [3.05, 3.63) is 12.7 Å². The summed E-state index contributed by atoms with van der Waals surface area (Å²) >= 11 is 0. The van der Waals surface area contributed by atoms with Crippen LogP contribution in [0, 0.1) is 5.92 Å². The van der Waals surface area contributed by atoms with Crippen LogP contribution >= 0.6 is 0 Å². The Labute approximate surface area is 109 Å². The molecule has 1 N–H and O–H groups in total. The Hall–Kier alpha value is -1.39. The third-order valence-electron chi connectivity index (χ3n) is 2.86. The summed E-state index contributed by atoms with van der Waals surface area (Å²) in [4.78, 5) is 15.5. The van der Waals surface area contributed by atoms with Gasteiger partial charge in [0.2, 0.25) is 5.91 Å². The van der Waals surface area contributed by atoms with Crippen LogP contribution in [0.25, 0.3) is 0 Å². The van der Waals surface area contributed by atoms with Gasteiger partial charge < -0.3 is 5.32 Å². The molecule has 0 radical (unpaired) electrons. The Bertz CT molecular complexity index is 335.